The van der Waals surface area contributed by atoms with Crippen molar-refractivity contribution < 1.29 is 23.2 Å². The van der Waals surface area contributed by atoms with Crippen LogP contribution in [0.2, 0.25) is 5.02 Å². The van der Waals surface area contributed by atoms with Crippen molar-refractivity contribution in [2.45, 2.75) is 17.7 Å². The molecule has 1 rings (SSSR count). The van der Waals surface area contributed by atoms with Crippen molar-refractivity contribution in [2.75, 3.05) is 6.54 Å². The second-order valence-corrected chi connectivity index (χ2v) is 5.94. The minimum absolute atomic E-state index is 0.0431. The first kappa shape index (κ1) is 16.3. The molecule has 0 aliphatic heterocycles. The molecule has 0 bridgehead atoms. The van der Waals surface area contributed by atoms with Crippen LogP contribution in [0, 0.1) is 10.1 Å². The maximum absolute atomic E-state index is 11.9. The third-order valence-corrected chi connectivity index (χ3v) is 3.99. The number of aliphatic carboxylic acids is 1. The number of sulfonamides is 1. The van der Waals surface area contributed by atoms with Crippen LogP contribution in [0.25, 0.3) is 0 Å². The summed E-state index contributed by atoms with van der Waals surface area (Å²) in [7, 11) is -4.13. The lowest BCUT2D eigenvalue weighted by Crippen LogP contribution is -2.26. The number of nitro groups is 1. The van der Waals surface area contributed by atoms with E-state index in [-0.39, 0.29) is 24.4 Å². The number of carboxylic acids is 1. The zero-order valence-corrected chi connectivity index (χ0v) is 11.6. The van der Waals surface area contributed by atoms with Gasteiger partial charge in [0.2, 0.25) is 10.0 Å². The van der Waals surface area contributed by atoms with Gasteiger partial charge in [0, 0.05) is 24.1 Å². The Labute approximate surface area is 119 Å². The van der Waals surface area contributed by atoms with E-state index < -0.39 is 31.5 Å². The number of hydrogen-bond acceptors (Lipinski definition) is 5. The molecule has 0 spiro atoms. The monoisotopic (exact) mass is 322 g/mol. The Balaban J connectivity index is 2.94. The zero-order valence-electron chi connectivity index (χ0n) is 10.1. The highest BCUT2D eigenvalue weighted by atomic mass is 35.5. The largest absolute Gasteiger partial charge is 0.481 e. The lowest BCUT2D eigenvalue weighted by atomic mass is 10.3. The summed E-state index contributed by atoms with van der Waals surface area (Å²) in [5.74, 6) is -1.06. The highest BCUT2D eigenvalue weighted by Crippen LogP contribution is 2.26. The van der Waals surface area contributed by atoms with E-state index in [4.69, 9.17) is 16.7 Å². The van der Waals surface area contributed by atoms with Crippen LogP contribution in [0.15, 0.2) is 23.1 Å². The summed E-state index contributed by atoms with van der Waals surface area (Å²) in [6, 6.07) is 3.18. The van der Waals surface area contributed by atoms with Crippen molar-refractivity contribution in [2.24, 2.45) is 0 Å². The van der Waals surface area contributed by atoms with Gasteiger partial charge in [-0.3, -0.25) is 14.9 Å². The van der Waals surface area contributed by atoms with Crippen molar-refractivity contribution in [1.29, 1.82) is 0 Å². The third-order valence-electron chi connectivity index (χ3n) is 2.27. The number of benzene rings is 1. The molecule has 1 aromatic carbocycles. The second-order valence-electron chi connectivity index (χ2n) is 3.76. The van der Waals surface area contributed by atoms with Crippen LogP contribution in [-0.2, 0) is 14.8 Å². The van der Waals surface area contributed by atoms with Crippen molar-refractivity contribution in [3.63, 3.8) is 0 Å². The van der Waals surface area contributed by atoms with Gasteiger partial charge >= 0.3 is 5.97 Å². The molecular formula is C10H11ClN2O6S. The molecule has 0 aliphatic carbocycles. The highest BCUT2D eigenvalue weighted by Gasteiger charge is 2.25. The van der Waals surface area contributed by atoms with Crippen molar-refractivity contribution >= 4 is 33.3 Å². The fourth-order valence-corrected chi connectivity index (χ4v) is 2.88. The van der Waals surface area contributed by atoms with Gasteiger partial charge in [-0.05, 0) is 18.6 Å². The molecule has 8 nitrogen and oxygen atoms in total. The quantitative estimate of drug-likeness (QED) is 0.443. The van der Waals surface area contributed by atoms with Gasteiger partial charge in [0.15, 0.2) is 4.90 Å². The fourth-order valence-electron chi connectivity index (χ4n) is 1.38. The van der Waals surface area contributed by atoms with Crippen LogP contribution >= 0.6 is 11.6 Å². The van der Waals surface area contributed by atoms with Crippen LogP contribution in [0.4, 0.5) is 5.69 Å². The smallest absolute Gasteiger partial charge is 0.303 e. The predicted octanol–water partition coefficient (Wildman–Crippen LogP) is 1.39. The first-order valence-electron chi connectivity index (χ1n) is 5.39. The number of nitrogens with zero attached hydrogens (tertiary/aromatic N) is 1. The van der Waals surface area contributed by atoms with E-state index in [1.54, 1.807) is 0 Å². The van der Waals surface area contributed by atoms with Crippen LogP contribution in [0.1, 0.15) is 12.8 Å². The molecule has 0 amide bonds. The van der Waals surface area contributed by atoms with E-state index in [1.807, 2.05) is 0 Å². The normalized spacial score (nSPS) is 11.2. The first-order valence-corrected chi connectivity index (χ1v) is 7.25. The molecule has 0 atom stereocenters. The van der Waals surface area contributed by atoms with E-state index >= 15 is 0 Å². The molecule has 110 valence electrons. The SMILES string of the molecule is O=C(O)CCCNS(=O)(=O)c1cc(Cl)ccc1[N+](=O)[O-]. The van der Waals surface area contributed by atoms with Crippen molar-refractivity contribution in [3.05, 3.63) is 33.3 Å². The number of carbonyl (C=O) groups is 1. The van der Waals surface area contributed by atoms with E-state index in [2.05, 4.69) is 4.72 Å². The van der Waals surface area contributed by atoms with Gasteiger partial charge in [0.1, 0.15) is 0 Å². The number of carboxylic acid groups (broad SMARTS) is 1. The van der Waals surface area contributed by atoms with Crippen LogP contribution in [0.5, 0.6) is 0 Å². The second kappa shape index (κ2) is 6.64. The Morgan fingerprint density at radius 1 is 1.45 bits per heavy atom. The molecule has 0 heterocycles. The Kier molecular flexibility index (Phi) is 5.43. The molecule has 0 saturated heterocycles. The number of halogens is 1. The summed E-state index contributed by atoms with van der Waals surface area (Å²) in [6.07, 6.45) is -0.136. The van der Waals surface area contributed by atoms with Gasteiger partial charge in [-0.15, -0.1) is 0 Å². The van der Waals surface area contributed by atoms with Crippen molar-refractivity contribution in [3.8, 4) is 0 Å². The lowest BCUT2D eigenvalue weighted by Gasteiger charge is -2.07. The van der Waals surface area contributed by atoms with Gasteiger partial charge in [-0.1, -0.05) is 11.6 Å². The number of nitro benzene ring substituents is 1. The molecule has 0 aromatic heterocycles. The fraction of sp³-hybridized carbons (Fsp3) is 0.300. The summed E-state index contributed by atoms with van der Waals surface area (Å²) in [4.78, 5) is 19.7. The summed E-state index contributed by atoms with van der Waals surface area (Å²) in [5, 5.41) is 19.3. The third kappa shape index (κ3) is 4.44. The minimum atomic E-state index is -4.13. The van der Waals surface area contributed by atoms with Gasteiger partial charge in [-0.2, -0.15) is 0 Å². The topological polar surface area (TPSA) is 127 Å². The summed E-state index contributed by atoms with van der Waals surface area (Å²) in [6.45, 7) is -0.141. The average molecular weight is 323 g/mol. The van der Waals surface area contributed by atoms with Gasteiger partial charge < -0.3 is 5.11 Å². The lowest BCUT2D eigenvalue weighted by molar-refractivity contribution is -0.387. The van der Waals surface area contributed by atoms with E-state index in [0.717, 1.165) is 12.1 Å². The Morgan fingerprint density at radius 3 is 2.65 bits per heavy atom. The van der Waals surface area contributed by atoms with E-state index in [9.17, 15) is 23.3 Å². The zero-order chi connectivity index (χ0) is 15.3. The van der Waals surface area contributed by atoms with Gasteiger partial charge in [0.05, 0.1) is 4.92 Å². The Morgan fingerprint density at radius 2 is 2.10 bits per heavy atom. The maximum Gasteiger partial charge on any atom is 0.303 e. The van der Waals surface area contributed by atoms with Gasteiger partial charge in [-0.25, -0.2) is 13.1 Å². The summed E-state index contributed by atoms with van der Waals surface area (Å²) >= 11 is 5.64. The molecule has 0 saturated carbocycles. The average Bonchev–Trinajstić information content (AvgIpc) is 2.34. The minimum Gasteiger partial charge on any atom is -0.481 e. The molecule has 10 heteroatoms. The highest BCUT2D eigenvalue weighted by molar-refractivity contribution is 7.89. The van der Waals surface area contributed by atoms with E-state index in [1.165, 1.54) is 6.07 Å². The molecule has 0 aliphatic rings. The molecule has 0 fully saturated rings. The van der Waals surface area contributed by atoms with Crippen LogP contribution in [0.3, 0.4) is 0 Å². The number of rotatable bonds is 7. The molecule has 2 N–H and O–H groups in total. The summed E-state index contributed by atoms with van der Waals surface area (Å²) < 4.78 is 26.0. The molecule has 0 unspecified atom stereocenters. The first-order chi connectivity index (χ1) is 9.24. The molecule has 1 aromatic rings. The van der Waals surface area contributed by atoms with Crippen LogP contribution in [-0.4, -0.2) is 31.0 Å². The Hall–Kier alpha value is -1.71. The number of nitrogens with one attached hydrogen (secondary N) is 1. The maximum atomic E-state index is 11.9. The van der Waals surface area contributed by atoms with Crippen LogP contribution < -0.4 is 4.72 Å². The standard InChI is InChI=1S/C10H11ClN2O6S/c11-7-3-4-8(13(16)17)9(6-7)20(18,19)12-5-1-2-10(14)15/h3-4,6,12H,1-2,5H2,(H,14,15). The van der Waals surface area contributed by atoms with Crippen molar-refractivity contribution in [1.82, 2.24) is 4.72 Å². The number of hydrogen-bond donors (Lipinski definition) is 2. The molecule has 20 heavy (non-hydrogen) atoms. The Bertz CT molecular complexity index is 631. The molecule has 0 radical (unpaired) electrons. The summed E-state index contributed by atoms with van der Waals surface area (Å²) in [5.41, 5.74) is -0.597. The van der Waals surface area contributed by atoms with Gasteiger partial charge in [0.25, 0.3) is 5.69 Å². The molecular weight excluding hydrogens is 312 g/mol. The van der Waals surface area contributed by atoms with E-state index in [0.29, 0.717) is 0 Å². The predicted molar refractivity (Wildman–Crippen MR) is 70.2 cm³/mol.